The molecule has 0 aliphatic heterocycles. The van der Waals surface area contributed by atoms with Crippen LogP contribution in [-0.4, -0.2) is 18.6 Å². The van der Waals surface area contributed by atoms with E-state index in [4.69, 9.17) is 0 Å². The number of primary sulfonamides is 1. The van der Waals surface area contributed by atoms with Crippen LogP contribution in [0.1, 0.15) is 5.69 Å². The van der Waals surface area contributed by atoms with Crippen molar-refractivity contribution in [2.75, 3.05) is 0 Å². The van der Waals surface area contributed by atoms with Crippen LogP contribution in [0.3, 0.4) is 0 Å². The zero-order chi connectivity index (χ0) is 11.0. The summed E-state index contributed by atoms with van der Waals surface area (Å²) in [4.78, 5) is 0. The molecular weight excluding hydrogens is 223 g/mol. The van der Waals surface area contributed by atoms with Crippen LogP contribution < -0.4 is 5.14 Å². The standard InChI is InChI=1S/C5H4F3N3O2S/c6-5(7,8)3-1-2-4(11-10-3)14(9,12)13/h1-2H,(H2,9,12,13). The Kier molecular flexibility index (Phi) is 2.46. The van der Waals surface area contributed by atoms with Crippen LogP contribution >= 0.6 is 0 Å². The van der Waals surface area contributed by atoms with Crippen LogP contribution in [0, 0.1) is 0 Å². The average molecular weight is 227 g/mol. The summed E-state index contributed by atoms with van der Waals surface area (Å²) < 4.78 is 57.0. The number of sulfonamides is 1. The molecule has 0 aromatic carbocycles. The Morgan fingerprint density at radius 1 is 1.21 bits per heavy atom. The summed E-state index contributed by atoms with van der Waals surface area (Å²) in [7, 11) is -4.11. The van der Waals surface area contributed by atoms with Gasteiger partial charge in [-0.15, -0.1) is 10.2 Å². The maximum absolute atomic E-state index is 11.9. The number of halogens is 3. The molecule has 1 heterocycles. The van der Waals surface area contributed by atoms with Crippen LogP contribution in [0.4, 0.5) is 13.2 Å². The second-order valence-corrected chi connectivity index (χ2v) is 3.81. The predicted octanol–water partition coefficient (Wildman–Crippen LogP) is 0.143. The first-order valence-corrected chi connectivity index (χ1v) is 4.69. The van der Waals surface area contributed by atoms with Crippen LogP contribution in [0.2, 0.25) is 0 Å². The van der Waals surface area contributed by atoms with E-state index in [1.165, 1.54) is 0 Å². The van der Waals surface area contributed by atoms with Gasteiger partial charge in [0.15, 0.2) is 10.7 Å². The molecule has 0 unspecified atom stereocenters. The fraction of sp³-hybridized carbons (Fsp3) is 0.200. The normalized spacial score (nSPS) is 12.9. The third-order valence-corrected chi connectivity index (χ3v) is 2.02. The van der Waals surface area contributed by atoms with E-state index in [0.29, 0.717) is 12.1 Å². The fourth-order valence-electron chi connectivity index (χ4n) is 0.623. The van der Waals surface area contributed by atoms with E-state index in [-0.39, 0.29) is 0 Å². The van der Waals surface area contributed by atoms with Gasteiger partial charge >= 0.3 is 6.18 Å². The molecule has 0 saturated carbocycles. The second-order valence-electron chi connectivity index (χ2n) is 2.30. The Morgan fingerprint density at radius 2 is 1.79 bits per heavy atom. The number of hydrogen-bond donors (Lipinski definition) is 1. The lowest BCUT2D eigenvalue weighted by molar-refractivity contribution is -0.141. The molecule has 0 spiro atoms. The van der Waals surface area contributed by atoms with E-state index in [0.717, 1.165) is 0 Å². The molecule has 0 aliphatic carbocycles. The van der Waals surface area contributed by atoms with Gasteiger partial charge in [0.05, 0.1) is 0 Å². The highest BCUT2D eigenvalue weighted by molar-refractivity contribution is 7.89. The zero-order valence-electron chi connectivity index (χ0n) is 6.49. The summed E-state index contributed by atoms with van der Waals surface area (Å²) in [6.07, 6.45) is -4.65. The molecule has 0 bridgehead atoms. The molecular formula is C5H4F3N3O2S. The number of nitrogens with two attached hydrogens (primary N) is 1. The minimum absolute atomic E-state index is 0.493. The maximum atomic E-state index is 11.9. The zero-order valence-corrected chi connectivity index (χ0v) is 7.30. The van der Waals surface area contributed by atoms with Crippen molar-refractivity contribution in [3.05, 3.63) is 17.8 Å². The van der Waals surface area contributed by atoms with Gasteiger partial charge < -0.3 is 0 Å². The van der Waals surface area contributed by atoms with Crippen LogP contribution in [0.25, 0.3) is 0 Å². The van der Waals surface area contributed by atoms with Crippen molar-refractivity contribution in [2.24, 2.45) is 5.14 Å². The van der Waals surface area contributed by atoms with Gasteiger partial charge in [-0.2, -0.15) is 13.2 Å². The van der Waals surface area contributed by atoms with Crippen LogP contribution in [0.15, 0.2) is 17.2 Å². The van der Waals surface area contributed by atoms with Crippen molar-refractivity contribution in [2.45, 2.75) is 11.2 Å². The van der Waals surface area contributed by atoms with Gasteiger partial charge in [0.2, 0.25) is 0 Å². The Morgan fingerprint density at radius 3 is 2.07 bits per heavy atom. The van der Waals surface area contributed by atoms with E-state index < -0.39 is 26.9 Å². The van der Waals surface area contributed by atoms with Gasteiger partial charge in [0.1, 0.15) is 0 Å². The van der Waals surface area contributed by atoms with E-state index in [9.17, 15) is 21.6 Å². The molecule has 0 fully saturated rings. The summed E-state index contributed by atoms with van der Waals surface area (Å²) in [6.45, 7) is 0. The monoisotopic (exact) mass is 227 g/mol. The van der Waals surface area contributed by atoms with E-state index in [1.54, 1.807) is 0 Å². The summed E-state index contributed by atoms with van der Waals surface area (Å²) in [5, 5.41) is 9.42. The van der Waals surface area contributed by atoms with Gasteiger partial charge in [0, 0.05) is 0 Å². The van der Waals surface area contributed by atoms with E-state index >= 15 is 0 Å². The summed E-state index contributed by atoms with van der Waals surface area (Å²) in [5.41, 5.74) is -1.27. The van der Waals surface area contributed by atoms with Crippen molar-refractivity contribution >= 4 is 10.0 Å². The minimum Gasteiger partial charge on any atom is -0.223 e. The number of aromatic nitrogens is 2. The van der Waals surface area contributed by atoms with E-state index in [1.807, 2.05) is 0 Å². The highest BCUT2D eigenvalue weighted by Crippen LogP contribution is 2.26. The molecule has 0 amide bonds. The average Bonchev–Trinajstić information content (AvgIpc) is 2.01. The third-order valence-electron chi connectivity index (χ3n) is 1.22. The smallest absolute Gasteiger partial charge is 0.223 e. The molecule has 14 heavy (non-hydrogen) atoms. The predicted molar refractivity (Wildman–Crippen MR) is 38.4 cm³/mol. The number of hydrogen-bond acceptors (Lipinski definition) is 4. The minimum atomic E-state index is -4.65. The molecule has 0 saturated heterocycles. The van der Waals surface area contributed by atoms with Crippen molar-refractivity contribution in [3.8, 4) is 0 Å². The number of alkyl halides is 3. The van der Waals surface area contributed by atoms with E-state index in [2.05, 4.69) is 15.3 Å². The first-order valence-electron chi connectivity index (χ1n) is 3.15. The largest absolute Gasteiger partial charge is 0.435 e. The maximum Gasteiger partial charge on any atom is 0.435 e. The lowest BCUT2D eigenvalue weighted by Gasteiger charge is -2.03. The SMILES string of the molecule is NS(=O)(=O)c1ccc(C(F)(F)F)nn1. The molecule has 1 aromatic rings. The van der Waals surface area contributed by atoms with Crippen molar-refractivity contribution in [1.29, 1.82) is 0 Å². The third kappa shape index (κ3) is 2.39. The molecule has 78 valence electrons. The van der Waals surface area contributed by atoms with Crippen LogP contribution in [-0.2, 0) is 16.2 Å². The Hall–Kier alpha value is -1.22. The van der Waals surface area contributed by atoms with Crippen molar-refractivity contribution < 1.29 is 21.6 Å². The summed E-state index contributed by atoms with van der Waals surface area (Å²) >= 11 is 0. The summed E-state index contributed by atoms with van der Waals surface area (Å²) in [6, 6.07) is 1.14. The second kappa shape index (κ2) is 3.17. The molecule has 9 heteroatoms. The van der Waals surface area contributed by atoms with Gasteiger partial charge in [-0.1, -0.05) is 0 Å². The summed E-state index contributed by atoms with van der Waals surface area (Å²) in [5.74, 6) is 0. The Bertz CT molecular complexity index is 425. The number of rotatable bonds is 1. The molecule has 0 atom stereocenters. The van der Waals surface area contributed by atoms with Gasteiger partial charge in [-0.25, -0.2) is 13.6 Å². The lowest BCUT2D eigenvalue weighted by atomic mass is 10.4. The van der Waals surface area contributed by atoms with Crippen molar-refractivity contribution in [1.82, 2.24) is 10.2 Å². The number of nitrogens with zero attached hydrogens (tertiary/aromatic N) is 2. The Balaban J connectivity index is 3.14. The van der Waals surface area contributed by atoms with Gasteiger partial charge in [-0.3, -0.25) is 0 Å². The van der Waals surface area contributed by atoms with Gasteiger partial charge in [-0.05, 0) is 12.1 Å². The first-order chi connectivity index (χ1) is 6.21. The first kappa shape index (κ1) is 10.9. The molecule has 5 nitrogen and oxygen atoms in total. The molecule has 0 radical (unpaired) electrons. The fourth-order valence-corrected chi connectivity index (χ4v) is 1.04. The Labute approximate surface area is 76.8 Å². The van der Waals surface area contributed by atoms with Crippen LogP contribution in [0.5, 0.6) is 0 Å². The van der Waals surface area contributed by atoms with Gasteiger partial charge in [0.25, 0.3) is 10.0 Å². The van der Waals surface area contributed by atoms with Crippen molar-refractivity contribution in [3.63, 3.8) is 0 Å². The topological polar surface area (TPSA) is 85.9 Å². The molecule has 1 rings (SSSR count). The quantitative estimate of drug-likeness (QED) is 0.739. The lowest BCUT2D eigenvalue weighted by Crippen LogP contribution is -2.16. The molecule has 0 aliphatic rings. The molecule has 2 N–H and O–H groups in total. The highest BCUT2D eigenvalue weighted by atomic mass is 32.2. The highest BCUT2D eigenvalue weighted by Gasteiger charge is 2.33. The molecule has 1 aromatic heterocycles.